The van der Waals surface area contributed by atoms with Crippen LogP contribution in [0, 0.1) is 0 Å². The Kier molecular flexibility index (Phi) is 3.16. The van der Waals surface area contributed by atoms with Gasteiger partial charge >= 0.3 is 0 Å². The number of aliphatic hydroxyl groups excluding tert-OH is 3. The van der Waals surface area contributed by atoms with E-state index in [2.05, 4.69) is 20.6 Å². The van der Waals surface area contributed by atoms with Gasteiger partial charge in [-0.25, -0.2) is 20.5 Å². The van der Waals surface area contributed by atoms with E-state index in [1.807, 2.05) is 0 Å². The Hall–Kier alpha value is -1.30. The highest BCUT2D eigenvalue weighted by molar-refractivity contribution is 6.56. The van der Waals surface area contributed by atoms with Crippen molar-refractivity contribution in [3.8, 4) is 0 Å². The molecule has 110 valence electrons. The van der Waals surface area contributed by atoms with E-state index in [9.17, 15) is 10.2 Å². The summed E-state index contributed by atoms with van der Waals surface area (Å²) in [6, 6.07) is 0. The molecule has 0 radical (unpaired) electrons. The lowest BCUT2D eigenvalue weighted by Gasteiger charge is -2.28. The van der Waals surface area contributed by atoms with Crippen LogP contribution in [0.1, 0.15) is 0 Å². The van der Waals surface area contributed by atoms with E-state index in [1.54, 1.807) is 0 Å². The van der Waals surface area contributed by atoms with Crippen molar-refractivity contribution in [2.45, 2.75) is 29.7 Å². The molecule has 1 unspecified atom stereocenters. The third kappa shape index (κ3) is 1.89. The zero-order valence-corrected chi connectivity index (χ0v) is 10.8. The molecule has 3 aliphatic rings. The summed E-state index contributed by atoms with van der Waals surface area (Å²) in [5, 5.41) is 32.4. The average molecular weight is 305 g/mol. The minimum Gasteiger partial charge on any atom is -0.394 e. The molecular formula is C9H13ClN6O4. The fourth-order valence-electron chi connectivity index (χ4n) is 2.17. The maximum Gasteiger partial charge on any atom is 0.234 e. The maximum atomic E-state index is 9.97. The van der Waals surface area contributed by atoms with E-state index in [-0.39, 0.29) is 11.5 Å². The van der Waals surface area contributed by atoms with Crippen LogP contribution in [0.4, 0.5) is 0 Å². The molecule has 1 saturated heterocycles. The van der Waals surface area contributed by atoms with Crippen LogP contribution >= 0.6 is 11.6 Å². The Morgan fingerprint density at radius 2 is 2.25 bits per heavy atom. The molecule has 0 aromatic heterocycles. The number of alkyl halides is 1. The number of nitrogens with zero attached hydrogens (tertiary/aromatic N) is 4. The number of nitrogens with two attached hydrogens (primary N) is 1. The Morgan fingerprint density at radius 3 is 2.90 bits per heavy atom. The van der Waals surface area contributed by atoms with E-state index in [0.717, 1.165) is 0 Å². The Bertz CT molecular complexity index is 509. The average Bonchev–Trinajstić information content (AvgIpc) is 2.94. The van der Waals surface area contributed by atoms with E-state index in [1.165, 1.54) is 11.3 Å². The summed E-state index contributed by atoms with van der Waals surface area (Å²) in [7, 11) is 0. The van der Waals surface area contributed by atoms with Crippen LogP contribution in [0.15, 0.2) is 15.1 Å². The van der Waals surface area contributed by atoms with E-state index in [0.29, 0.717) is 0 Å². The van der Waals surface area contributed by atoms with E-state index >= 15 is 0 Å². The van der Waals surface area contributed by atoms with Gasteiger partial charge in [0.2, 0.25) is 5.12 Å². The van der Waals surface area contributed by atoms with Gasteiger partial charge in [0.05, 0.1) is 6.61 Å². The van der Waals surface area contributed by atoms with Crippen LogP contribution in [0.3, 0.4) is 0 Å². The first kappa shape index (κ1) is 13.7. The van der Waals surface area contributed by atoms with Gasteiger partial charge in [0.15, 0.2) is 17.8 Å². The molecule has 0 amide bonds. The third-order valence-corrected chi connectivity index (χ3v) is 3.52. The molecule has 0 aromatic carbocycles. The van der Waals surface area contributed by atoms with Crippen molar-refractivity contribution in [1.82, 2.24) is 10.5 Å². The number of aliphatic hydroxyl groups is 3. The first-order valence-electron chi connectivity index (χ1n) is 5.81. The fourth-order valence-corrected chi connectivity index (χ4v) is 2.34. The van der Waals surface area contributed by atoms with Crippen LogP contribution in [-0.4, -0.2) is 74.5 Å². The van der Waals surface area contributed by atoms with Crippen molar-refractivity contribution in [3.05, 3.63) is 0 Å². The molecule has 1 fully saturated rings. The lowest BCUT2D eigenvalue weighted by atomic mass is 10.1. The van der Waals surface area contributed by atoms with Gasteiger partial charge in [0.25, 0.3) is 0 Å². The number of hydrazone groups is 1. The number of hydrogen-bond donors (Lipinski definition) is 5. The molecule has 0 bridgehead atoms. The van der Waals surface area contributed by atoms with Crippen molar-refractivity contribution in [1.29, 1.82) is 0 Å². The zero-order valence-electron chi connectivity index (χ0n) is 10.1. The number of rotatable bonds is 2. The summed E-state index contributed by atoms with van der Waals surface area (Å²) >= 11 is 5.97. The first-order valence-corrected chi connectivity index (χ1v) is 6.18. The molecular weight excluding hydrogens is 292 g/mol. The predicted molar refractivity (Wildman–Crippen MR) is 68.9 cm³/mol. The van der Waals surface area contributed by atoms with Gasteiger partial charge in [-0.3, -0.25) is 5.73 Å². The van der Waals surface area contributed by atoms with Crippen LogP contribution in [0.25, 0.3) is 0 Å². The summed E-state index contributed by atoms with van der Waals surface area (Å²) in [5.74, 6) is 0.229. The SMILES string of the molecule is NC1(Cl)N=CN=C2C1=NNN2[C@@H]1O[C@H](CO)[C@@H](O)[C@H]1O. The molecule has 0 spiro atoms. The number of ether oxygens (including phenoxy) is 1. The summed E-state index contributed by atoms with van der Waals surface area (Å²) < 4.78 is 5.37. The molecule has 0 aliphatic carbocycles. The van der Waals surface area contributed by atoms with Crippen LogP contribution in [0.5, 0.6) is 0 Å². The molecule has 3 rings (SSSR count). The molecule has 10 nitrogen and oxygen atoms in total. The number of nitrogens with one attached hydrogen (secondary N) is 1. The smallest absolute Gasteiger partial charge is 0.234 e. The number of aliphatic imine (C=N–C) groups is 2. The van der Waals surface area contributed by atoms with Crippen LogP contribution < -0.4 is 11.3 Å². The second kappa shape index (κ2) is 4.62. The Labute approximate surface area is 118 Å². The van der Waals surface area contributed by atoms with Crippen molar-refractivity contribution in [2.24, 2.45) is 20.8 Å². The summed E-state index contributed by atoms with van der Waals surface area (Å²) in [4.78, 5) is 7.75. The Balaban J connectivity index is 1.85. The number of hydrogen-bond acceptors (Lipinski definition) is 10. The highest BCUT2D eigenvalue weighted by Gasteiger charge is 2.50. The maximum absolute atomic E-state index is 9.97. The molecule has 0 saturated carbocycles. The first-order chi connectivity index (χ1) is 9.45. The molecule has 3 heterocycles. The van der Waals surface area contributed by atoms with Gasteiger partial charge in [-0.2, -0.15) is 5.10 Å². The summed E-state index contributed by atoms with van der Waals surface area (Å²) in [6.07, 6.45) is -3.23. The highest BCUT2D eigenvalue weighted by Crippen LogP contribution is 2.27. The topological polar surface area (TPSA) is 148 Å². The number of amidine groups is 1. The van der Waals surface area contributed by atoms with Crippen LogP contribution in [-0.2, 0) is 4.74 Å². The molecule has 3 aliphatic heterocycles. The van der Waals surface area contributed by atoms with Gasteiger partial charge in [0.1, 0.15) is 24.7 Å². The second-order valence-corrected chi connectivity index (χ2v) is 5.11. The molecule has 5 atom stereocenters. The van der Waals surface area contributed by atoms with Crippen molar-refractivity contribution in [3.63, 3.8) is 0 Å². The van der Waals surface area contributed by atoms with Crippen LogP contribution in [0.2, 0.25) is 0 Å². The second-order valence-electron chi connectivity index (χ2n) is 4.53. The van der Waals surface area contributed by atoms with E-state index in [4.69, 9.17) is 27.2 Å². The van der Waals surface area contributed by atoms with Gasteiger partial charge in [0, 0.05) is 0 Å². The summed E-state index contributed by atoms with van der Waals surface area (Å²) in [6.45, 7) is -0.430. The molecule has 11 heteroatoms. The fraction of sp³-hybridized carbons (Fsp3) is 0.667. The van der Waals surface area contributed by atoms with Crippen molar-refractivity contribution >= 4 is 29.5 Å². The molecule has 0 aromatic rings. The number of hydrazine groups is 1. The number of halogens is 1. The van der Waals surface area contributed by atoms with Gasteiger partial charge in [-0.1, -0.05) is 11.6 Å². The monoisotopic (exact) mass is 304 g/mol. The zero-order chi connectivity index (χ0) is 14.5. The lowest BCUT2D eigenvalue weighted by molar-refractivity contribution is -0.0839. The normalized spacial score (nSPS) is 43.1. The predicted octanol–water partition coefficient (Wildman–Crippen LogP) is -3.11. The van der Waals surface area contributed by atoms with Crippen molar-refractivity contribution < 1.29 is 20.1 Å². The quantitative estimate of drug-likeness (QED) is 0.268. The van der Waals surface area contributed by atoms with Gasteiger partial charge in [-0.15, -0.1) is 0 Å². The minimum atomic E-state index is -1.56. The highest BCUT2D eigenvalue weighted by atomic mass is 35.5. The van der Waals surface area contributed by atoms with Crippen molar-refractivity contribution in [2.75, 3.05) is 6.61 Å². The molecule has 6 N–H and O–H groups in total. The minimum absolute atomic E-state index is 0.166. The van der Waals surface area contributed by atoms with Gasteiger partial charge in [-0.05, 0) is 0 Å². The summed E-state index contributed by atoms with van der Waals surface area (Å²) in [5.41, 5.74) is 8.46. The van der Waals surface area contributed by atoms with Gasteiger partial charge < -0.3 is 20.1 Å². The molecule has 20 heavy (non-hydrogen) atoms. The van der Waals surface area contributed by atoms with E-state index < -0.39 is 36.3 Å². The number of fused-ring (bicyclic) bond motifs is 1. The standard InChI is InChI=1S/C9H13ClN6O4/c10-9(11)6-7(12-2-13-9)16(15-14-6)8-5(19)4(18)3(1-17)20-8/h2-5,8,15,17-19H,1,11H2/t3-,4-,5-,8-,9?/m1/s1. The third-order valence-electron chi connectivity index (χ3n) is 3.24. The Morgan fingerprint density at radius 1 is 1.50 bits per heavy atom. The lowest BCUT2D eigenvalue weighted by Crippen LogP contribution is -2.54. The largest absolute Gasteiger partial charge is 0.394 e.